The fourth-order valence-corrected chi connectivity index (χ4v) is 5.58. The van der Waals surface area contributed by atoms with E-state index in [1.807, 2.05) is 36.4 Å². The van der Waals surface area contributed by atoms with E-state index >= 15 is 0 Å². The number of halogens is 2. The van der Waals surface area contributed by atoms with Gasteiger partial charge in [-0.1, -0.05) is 65.7 Å². The predicted octanol–water partition coefficient (Wildman–Crippen LogP) is 6.81. The van der Waals surface area contributed by atoms with Crippen molar-refractivity contribution in [3.63, 3.8) is 0 Å². The third kappa shape index (κ3) is 6.08. The van der Waals surface area contributed by atoms with Gasteiger partial charge in [0.15, 0.2) is 6.61 Å². The van der Waals surface area contributed by atoms with Crippen LogP contribution >= 0.6 is 23.2 Å². The van der Waals surface area contributed by atoms with Gasteiger partial charge in [-0.05, 0) is 66.3 Å². The van der Waals surface area contributed by atoms with Gasteiger partial charge >= 0.3 is 5.97 Å². The third-order valence-electron chi connectivity index (χ3n) is 7.04. The predicted molar refractivity (Wildman–Crippen MR) is 153 cm³/mol. The van der Waals surface area contributed by atoms with E-state index in [2.05, 4.69) is 6.08 Å². The fraction of sp³-hybridized carbons (Fsp3) is 0.233. The second-order valence-electron chi connectivity index (χ2n) is 9.67. The lowest BCUT2D eigenvalue weighted by atomic mass is 9.77. The highest BCUT2D eigenvalue weighted by Gasteiger charge is 2.43. The van der Waals surface area contributed by atoms with Gasteiger partial charge in [-0.15, -0.1) is 0 Å². The molecule has 0 spiro atoms. The van der Waals surface area contributed by atoms with Crippen LogP contribution in [0.5, 0.6) is 0 Å². The Morgan fingerprint density at radius 2 is 1.82 bits per heavy atom. The van der Waals surface area contributed by atoms with Crippen molar-refractivity contribution in [2.24, 2.45) is 11.0 Å². The van der Waals surface area contributed by atoms with Crippen LogP contribution in [0.15, 0.2) is 83.5 Å². The molecule has 40 heavy (non-hydrogen) atoms. The summed E-state index contributed by atoms with van der Waals surface area (Å²) in [6, 6.07) is 20.4. The van der Waals surface area contributed by atoms with E-state index in [-0.39, 0.29) is 23.6 Å². The molecule has 0 radical (unpaired) electrons. The van der Waals surface area contributed by atoms with Crippen molar-refractivity contribution in [1.29, 1.82) is 0 Å². The number of rotatable bonds is 7. The van der Waals surface area contributed by atoms with E-state index in [0.29, 0.717) is 10.0 Å². The summed E-state index contributed by atoms with van der Waals surface area (Å²) in [5.74, 6) is -1.27. The molecule has 1 heterocycles. The highest BCUT2D eigenvalue weighted by molar-refractivity contribution is 6.31. The van der Waals surface area contributed by atoms with Gasteiger partial charge in [0, 0.05) is 27.6 Å². The number of amides is 1. The van der Waals surface area contributed by atoms with Gasteiger partial charge in [0.05, 0.1) is 23.1 Å². The summed E-state index contributed by atoms with van der Waals surface area (Å²) in [6.45, 7) is -0.541. The normalized spacial score (nSPS) is 19.2. The SMILES string of the molecule is O=C(Cc1ccccc1[N+](=O)[O-])OCC(=O)N1N=C2C(=Cc3cccc(Cl)c3)CCCC2C1c1ccc(Cl)cc1. The van der Waals surface area contributed by atoms with Crippen LogP contribution in [-0.4, -0.2) is 34.1 Å². The van der Waals surface area contributed by atoms with Gasteiger partial charge in [-0.2, -0.15) is 5.10 Å². The number of esters is 1. The van der Waals surface area contributed by atoms with Gasteiger partial charge in [0.25, 0.3) is 11.6 Å². The molecule has 0 saturated heterocycles. The van der Waals surface area contributed by atoms with Crippen LogP contribution in [0.1, 0.15) is 42.0 Å². The molecule has 3 aromatic rings. The van der Waals surface area contributed by atoms with E-state index < -0.39 is 29.4 Å². The molecule has 1 saturated carbocycles. The van der Waals surface area contributed by atoms with Crippen LogP contribution in [0.4, 0.5) is 5.69 Å². The Morgan fingerprint density at radius 1 is 1.05 bits per heavy atom. The Balaban J connectivity index is 1.39. The number of nitro benzene ring substituents is 1. The van der Waals surface area contributed by atoms with Gasteiger partial charge < -0.3 is 4.74 Å². The van der Waals surface area contributed by atoms with Gasteiger partial charge in [-0.3, -0.25) is 19.7 Å². The summed E-state index contributed by atoms with van der Waals surface area (Å²) in [7, 11) is 0. The van der Waals surface area contributed by atoms with Crippen LogP contribution in [0.3, 0.4) is 0 Å². The molecule has 204 valence electrons. The quantitative estimate of drug-likeness (QED) is 0.174. The summed E-state index contributed by atoms with van der Waals surface area (Å²) in [5.41, 5.74) is 3.71. The lowest BCUT2D eigenvalue weighted by molar-refractivity contribution is -0.385. The van der Waals surface area contributed by atoms with Crippen LogP contribution in [0.2, 0.25) is 10.0 Å². The Bertz CT molecular complexity index is 1520. The monoisotopic (exact) mass is 577 g/mol. The van der Waals surface area contributed by atoms with Crippen LogP contribution < -0.4 is 0 Å². The number of carbonyl (C=O) groups excluding carboxylic acids is 2. The molecule has 2 unspecified atom stereocenters. The number of carbonyl (C=O) groups is 2. The molecule has 2 atom stereocenters. The number of hydrogen-bond acceptors (Lipinski definition) is 6. The molecule has 0 N–H and O–H groups in total. The second-order valence-corrected chi connectivity index (χ2v) is 10.5. The number of ether oxygens (including phenoxy) is 1. The topological polar surface area (TPSA) is 102 Å². The van der Waals surface area contributed by atoms with Crippen LogP contribution in [-0.2, 0) is 20.7 Å². The van der Waals surface area contributed by atoms with E-state index in [0.717, 1.165) is 41.7 Å². The first-order valence-electron chi connectivity index (χ1n) is 12.8. The molecule has 8 nitrogen and oxygen atoms in total. The molecule has 3 aromatic carbocycles. The van der Waals surface area contributed by atoms with E-state index in [4.69, 9.17) is 33.0 Å². The van der Waals surface area contributed by atoms with Crippen molar-refractivity contribution in [3.05, 3.63) is 115 Å². The first-order valence-corrected chi connectivity index (χ1v) is 13.6. The maximum Gasteiger partial charge on any atom is 0.311 e. The zero-order valence-electron chi connectivity index (χ0n) is 21.3. The molecule has 2 aliphatic rings. The van der Waals surface area contributed by atoms with Crippen molar-refractivity contribution in [2.75, 3.05) is 6.61 Å². The summed E-state index contributed by atoms with van der Waals surface area (Å²) in [6.07, 6.45) is 4.29. The Morgan fingerprint density at radius 3 is 2.58 bits per heavy atom. The molecule has 0 bridgehead atoms. The number of hydrogen-bond donors (Lipinski definition) is 0. The fourth-order valence-electron chi connectivity index (χ4n) is 5.25. The zero-order chi connectivity index (χ0) is 28.2. The number of fused-ring (bicyclic) bond motifs is 1. The average Bonchev–Trinajstić information content (AvgIpc) is 3.33. The summed E-state index contributed by atoms with van der Waals surface area (Å²) >= 11 is 12.3. The highest BCUT2D eigenvalue weighted by Crippen LogP contribution is 2.44. The Kier molecular flexibility index (Phi) is 8.28. The van der Waals surface area contributed by atoms with Crippen molar-refractivity contribution in [2.45, 2.75) is 31.7 Å². The molecule has 1 fully saturated rings. The number of nitro groups is 1. The summed E-state index contributed by atoms with van der Waals surface area (Å²) in [5, 5.41) is 18.7. The Labute approximate surface area is 241 Å². The molecule has 1 amide bonds. The van der Waals surface area contributed by atoms with Crippen LogP contribution in [0.25, 0.3) is 6.08 Å². The zero-order valence-corrected chi connectivity index (χ0v) is 22.8. The van der Waals surface area contributed by atoms with E-state index in [1.165, 1.54) is 23.2 Å². The van der Waals surface area contributed by atoms with Crippen LogP contribution in [0, 0.1) is 16.0 Å². The summed E-state index contributed by atoms with van der Waals surface area (Å²) < 4.78 is 5.27. The highest BCUT2D eigenvalue weighted by atomic mass is 35.5. The van der Waals surface area contributed by atoms with Gasteiger partial charge in [0.2, 0.25) is 0 Å². The number of hydrazone groups is 1. The van der Waals surface area contributed by atoms with Crippen molar-refractivity contribution < 1.29 is 19.2 Å². The molecular formula is C30H25Cl2N3O5. The largest absolute Gasteiger partial charge is 0.455 e. The van der Waals surface area contributed by atoms with E-state index in [1.54, 1.807) is 18.2 Å². The molecule has 1 aliphatic carbocycles. The Hall–Kier alpha value is -4.01. The summed E-state index contributed by atoms with van der Waals surface area (Å²) in [4.78, 5) is 36.7. The first kappa shape index (κ1) is 27.6. The average molecular weight is 578 g/mol. The second kappa shape index (κ2) is 12.0. The molecule has 10 heteroatoms. The lowest BCUT2D eigenvalue weighted by Gasteiger charge is -2.29. The minimum absolute atomic E-state index is 0.0491. The first-order chi connectivity index (χ1) is 19.3. The number of para-hydroxylation sites is 1. The van der Waals surface area contributed by atoms with Crippen molar-refractivity contribution in [3.8, 4) is 0 Å². The van der Waals surface area contributed by atoms with Gasteiger partial charge in [0.1, 0.15) is 0 Å². The van der Waals surface area contributed by atoms with Gasteiger partial charge in [-0.25, -0.2) is 5.01 Å². The minimum Gasteiger partial charge on any atom is -0.455 e. The molecule has 5 rings (SSSR count). The maximum absolute atomic E-state index is 13.5. The standard InChI is InChI=1S/C30H25Cl2N3O5/c31-23-13-11-20(12-14-23)30-25-9-4-7-22(15-19-5-3-8-24(32)16-19)29(25)33-34(30)27(36)18-40-28(37)17-21-6-1-2-10-26(21)35(38)39/h1-3,5-6,8,10-16,25,30H,4,7,9,17-18H2. The maximum atomic E-state index is 13.5. The minimum atomic E-state index is -0.739. The lowest BCUT2D eigenvalue weighted by Crippen LogP contribution is -2.34. The van der Waals surface area contributed by atoms with E-state index in [9.17, 15) is 19.7 Å². The smallest absolute Gasteiger partial charge is 0.311 e. The molecule has 0 aromatic heterocycles. The van der Waals surface area contributed by atoms with Crippen molar-refractivity contribution in [1.82, 2.24) is 5.01 Å². The number of allylic oxidation sites excluding steroid dienone is 1. The number of nitrogens with zero attached hydrogens (tertiary/aromatic N) is 3. The number of benzene rings is 3. The third-order valence-corrected chi connectivity index (χ3v) is 7.52. The molecule has 1 aliphatic heterocycles. The molecular weight excluding hydrogens is 553 g/mol. The van der Waals surface area contributed by atoms with Crippen molar-refractivity contribution >= 4 is 52.6 Å².